The standard InChI is InChI=1S/C14H20N2OS/c1-2-16(12-13-5-3-9-17-13)8-7-15-11-14-6-4-10-18-14/h3-6,9-10,15H,2,7-8,11-12H2,1H3. The van der Waals surface area contributed by atoms with Gasteiger partial charge in [0.05, 0.1) is 12.8 Å². The van der Waals surface area contributed by atoms with Crippen LogP contribution in [-0.4, -0.2) is 24.5 Å². The Morgan fingerprint density at radius 1 is 1.33 bits per heavy atom. The van der Waals surface area contributed by atoms with E-state index in [1.54, 1.807) is 17.6 Å². The lowest BCUT2D eigenvalue weighted by Crippen LogP contribution is -2.31. The van der Waals surface area contributed by atoms with Gasteiger partial charge < -0.3 is 9.73 Å². The molecule has 2 heterocycles. The third kappa shape index (κ3) is 4.29. The molecular formula is C14H20N2OS. The van der Waals surface area contributed by atoms with E-state index in [-0.39, 0.29) is 0 Å². The van der Waals surface area contributed by atoms with Crippen LogP contribution in [0.1, 0.15) is 17.6 Å². The number of furan rings is 1. The molecule has 0 amide bonds. The predicted molar refractivity (Wildman–Crippen MR) is 75.7 cm³/mol. The molecule has 2 aromatic rings. The molecule has 98 valence electrons. The van der Waals surface area contributed by atoms with Gasteiger partial charge in [-0.2, -0.15) is 0 Å². The van der Waals surface area contributed by atoms with Crippen molar-refractivity contribution in [2.75, 3.05) is 19.6 Å². The van der Waals surface area contributed by atoms with Crippen molar-refractivity contribution in [1.82, 2.24) is 10.2 Å². The van der Waals surface area contributed by atoms with Gasteiger partial charge in [0, 0.05) is 24.5 Å². The summed E-state index contributed by atoms with van der Waals surface area (Å²) in [5.74, 6) is 1.04. The average molecular weight is 264 g/mol. The minimum atomic E-state index is 0.893. The minimum absolute atomic E-state index is 0.893. The lowest BCUT2D eigenvalue weighted by Gasteiger charge is -2.19. The predicted octanol–water partition coefficient (Wildman–Crippen LogP) is 2.95. The van der Waals surface area contributed by atoms with Gasteiger partial charge in [-0.3, -0.25) is 4.90 Å². The monoisotopic (exact) mass is 264 g/mol. The molecule has 2 rings (SSSR count). The zero-order valence-corrected chi connectivity index (χ0v) is 11.6. The Bertz CT molecular complexity index is 411. The summed E-state index contributed by atoms with van der Waals surface area (Å²) in [4.78, 5) is 3.77. The van der Waals surface area contributed by atoms with Crippen LogP contribution in [0.4, 0.5) is 0 Å². The van der Waals surface area contributed by atoms with Gasteiger partial charge in [-0.15, -0.1) is 11.3 Å². The molecular weight excluding hydrogens is 244 g/mol. The number of thiophene rings is 1. The lowest BCUT2D eigenvalue weighted by molar-refractivity contribution is 0.255. The highest BCUT2D eigenvalue weighted by Gasteiger charge is 2.05. The molecule has 0 fully saturated rings. The maximum absolute atomic E-state index is 5.37. The van der Waals surface area contributed by atoms with Crippen molar-refractivity contribution < 1.29 is 4.42 Å². The maximum atomic E-state index is 5.37. The fraction of sp³-hybridized carbons (Fsp3) is 0.429. The third-order valence-corrected chi connectivity index (χ3v) is 3.77. The second-order valence-electron chi connectivity index (χ2n) is 4.20. The number of nitrogens with zero attached hydrogens (tertiary/aromatic N) is 1. The Labute approximate surface area is 112 Å². The van der Waals surface area contributed by atoms with Crippen molar-refractivity contribution >= 4 is 11.3 Å². The zero-order valence-electron chi connectivity index (χ0n) is 10.8. The van der Waals surface area contributed by atoms with Gasteiger partial charge in [-0.1, -0.05) is 13.0 Å². The molecule has 0 bridgehead atoms. The fourth-order valence-electron chi connectivity index (χ4n) is 1.83. The Balaban J connectivity index is 1.64. The molecule has 0 aliphatic heterocycles. The van der Waals surface area contributed by atoms with E-state index in [4.69, 9.17) is 4.42 Å². The second kappa shape index (κ2) is 7.36. The first-order valence-corrected chi connectivity index (χ1v) is 7.24. The quantitative estimate of drug-likeness (QED) is 0.743. The molecule has 18 heavy (non-hydrogen) atoms. The molecule has 0 saturated heterocycles. The first-order chi connectivity index (χ1) is 8.88. The van der Waals surface area contributed by atoms with Crippen LogP contribution in [0.2, 0.25) is 0 Å². The van der Waals surface area contributed by atoms with Crippen molar-refractivity contribution in [3.05, 3.63) is 46.5 Å². The van der Waals surface area contributed by atoms with Crippen LogP contribution in [-0.2, 0) is 13.1 Å². The fourth-order valence-corrected chi connectivity index (χ4v) is 2.51. The van der Waals surface area contributed by atoms with Gasteiger partial charge in [0.1, 0.15) is 5.76 Å². The molecule has 0 saturated carbocycles. The highest BCUT2D eigenvalue weighted by atomic mass is 32.1. The molecule has 0 unspecified atom stereocenters. The minimum Gasteiger partial charge on any atom is -0.468 e. The Kier molecular flexibility index (Phi) is 5.45. The number of hydrogen-bond donors (Lipinski definition) is 1. The van der Waals surface area contributed by atoms with Gasteiger partial charge in [-0.05, 0) is 30.1 Å². The summed E-state index contributed by atoms with van der Waals surface area (Å²) >= 11 is 1.80. The Morgan fingerprint density at radius 2 is 2.28 bits per heavy atom. The summed E-state index contributed by atoms with van der Waals surface area (Å²) < 4.78 is 5.37. The summed E-state index contributed by atoms with van der Waals surface area (Å²) in [5.41, 5.74) is 0. The van der Waals surface area contributed by atoms with E-state index < -0.39 is 0 Å². The van der Waals surface area contributed by atoms with Crippen LogP contribution in [0, 0.1) is 0 Å². The molecule has 0 spiro atoms. The number of hydrogen-bond acceptors (Lipinski definition) is 4. The largest absolute Gasteiger partial charge is 0.468 e. The van der Waals surface area contributed by atoms with Gasteiger partial charge >= 0.3 is 0 Å². The molecule has 0 radical (unpaired) electrons. The van der Waals surface area contributed by atoms with Crippen LogP contribution in [0.3, 0.4) is 0 Å². The SMILES string of the molecule is CCN(CCNCc1cccs1)Cc1ccco1. The van der Waals surface area contributed by atoms with Crippen molar-refractivity contribution in [3.63, 3.8) is 0 Å². The normalized spacial score (nSPS) is 11.2. The highest BCUT2D eigenvalue weighted by Crippen LogP contribution is 2.07. The van der Waals surface area contributed by atoms with Crippen LogP contribution in [0.15, 0.2) is 40.3 Å². The van der Waals surface area contributed by atoms with Crippen LogP contribution < -0.4 is 5.32 Å². The first kappa shape index (κ1) is 13.3. The molecule has 0 aliphatic rings. The van der Waals surface area contributed by atoms with Crippen molar-refractivity contribution in [2.45, 2.75) is 20.0 Å². The summed E-state index contributed by atoms with van der Waals surface area (Å²) in [6, 6.07) is 8.23. The first-order valence-electron chi connectivity index (χ1n) is 6.36. The molecule has 3 nitrogen and oxygen atoms in total. The van der Waals surface area contributed by atoms with E-state index in [0.717, 1.165) is 38.5 Å². The number of likely N-dealkylation sites (N-methyl/N-ethyl adjacent to an activating group) is 1. The summed E-state index contributed by atoms with van der Waals surface area (Å²) in [5, 5.41) is 5.59. The van der Waals surface area contributed by atoms with Crippen LogP contribution >= 0.6 is 11.3 Å². The summed E-state index contributed by atoms with van der Waals surface area (Å²) in [6.45, 7) is 7.14. The van der Waals surface area contributed by atoms with Crippen LogP contribution in [0.25, 0.3) is 0 Å². The van der Waals surface area contributed by atoms with E-state index in [1.165, 1.54) is 4.88 Å². The summed E-state index contributed by atoms with van der Waals surface area (Å²) in [7, 11) is 0. The zero-order chi connectivity index (χ0) is 12.6. The topological polar surface area (TPSA) is 28.4 Å². The Hall–Kier alpha value is -1.10. The molecule has 4 heteroatoms. The second-order valence-corrected chi connectivity index (χ2v) is 5.24. The van der Waals surface area contributed by atoms with E-state index in [1.807, 2.05) is 12.1 Å². The van der Waals surface area contributed by atoms with Crippen LogP contribution in [0.5, 0.6) is 0 Å². The number of nitrogens with one attached hydrogen (secondary N) is 1. The van der Waals surface area contributed by atoms with E-state index in [0.29, 0.717) is 0 Å². The van der Waals surface area contributed by atoms with E-state index >= 15 is 0 Å². The molecule has 0 aliphatic carbocycles. The van der Waals surface area contributed by atoms with Gasteiger partial charge in [0.15, 0.2) is 0 Å². The molecule has 0 aromatic carbocycles. The maximum Gasteiger partial charge on any atom is 0.117 e. The molecule has 2 aromatic heterocycles. The highest BCUT2D eigenvalue weighted by molar-refractivity contribution is 7.09. The van der Waals surface area contributed by atoms with Gasteiger partial charge in [0.2, 0.25) is 0 Å². The third-order valence-electron chi connectivity index (χ3n) is 2.89. The number of rotatable bonds is 8. The van der Waals surface area contributed by atoms with Gasteiger partial charge in [0.25, 0.3) is 0 Å². The Morgan fingerprint density at radius 3 is 2.94 bits per heavy atom. The lowest BCUT2D eigenvalue weighted by atomic mass is 10.4. The van der Waals surface area contributed by atoms with E-state index in [9.17, 15) is 0 Å². The average Bonchev–Trinajstić information content (AvgIpc) is 3.06. The summed E-state index contributed by atoms with van der Waals surface area (Å²) in [6.07, 6.45) is 1.73. The van der Waals surface area contributed by atoms with Gasteiger partial charge in [-0.25, -0.2) is 0 Å². The van der Waals surface area contributed by atoms with E-state index in [2.05, 4.69) is 34.7 Å². The van der Waals surface area contributed by atoms with Crippen molar-refractivity contribution in [3.8, 4) is 0 Å². The molecule has 1 N–H and O–H groups in total. The molecule has 0 atom stereocenters. The smallest absolute Gasteiger partial charge is 0.117 e. The van der Waals surface area contributed by atoms with Crippen molar-refractivity contribution in [2.24, 2.45) is 0 Å². The van der Waals surface area contributed by atoms with Crippen molar-refractivity contribution in [1.29, 1.82) is 0 Å².